The van der Waals surface area contributed by atoms with E-state index in [1.54, 1.807) is 7.11 Å². The smallest absolute Gasteiger partial charge is 0.262 e. The molecule has 0 saturated heterocycles. The lowest BCUT2D eigenvalue weighted by Crippen LogP contribution is -2.53. The van der Waals surface area contributed by atoms with Gasteiger partial charge in [0.05, 0.1) is 19.3 Å². The van der Waals surface area contributed by atoms with E-state index in [0.717, 1.165) is 23.4 Å². The third kappa shape index (κ3) is 4.72. The quantitative estimate of drug-likeness (QED) is 0.729. The molecule has 6 nitrogen and oxygen atoms in total. The first-order valence-electron chi connectivity index (χ1n) is 9.34. The van der Waals surface area contributed by atoms with E-state index in [0.29, 0.717) is 30.5 Å². The molecule has 0 aliphatic carbocycles. The van der Waals surface area contributed by atoms with E-state index >= 15 is 0 Å². The van der Waals surface area contributed by atoms with Gasteiger partial charge in [-0.2, -0.15) is 0 Å². The number of benzene rings is 2. The molecule has 2 N–H and O–H groups in total. The van der Waals surface area contributed by atoms with Gasteiger partial charge in [-0.3, -0.25) is 4.79 Å². The maximum atomic E-state index is 12.4. The van der Waals surface area contributed by atoms with Gasteiger partial charge in [0.25, 0.3) is 5.91 Å². The van der Waals surface area contributed by atoms with E-state index in [-0.39, 0.29) is 5.91 Å². The van der Waals surface area contributed by atoms with E-state index in [9.17, 15) is 4.79 Å². The van der Waals surface area contributed by atoms with Crippen molar-refractivity contribution in [3.63, 3.8) is 0 Å². The monoisotopic (exact) mass is 399 g/mol. The van der Waals surface area contributed by atoms with Gasteiger partial charge in [0.15, 0.2) is 11.2 Å². The lowest BCUT2D eigenvalue weighted by Gasteiger charge is -2.35. The number of methoxy groups -OCH3 is 1. The number of thiocarbonyl (C=S) groups is 1. The molecule has 148 valence electrons. The number of anilines is 1. The Morgan fingerprint density at radius 3 is 2.68 bits per heavy atom. The summed E-state index contributed by atoms with van der Waals surface area (Å²) in [6.07, 6.45) is 0.266. The standard InChI is InChI=1S/C21H25N3O3S/c1-3-12-22-20(25)19-14-24(17-6-4-5-7-18(17)27-19)21(28)23-13-15-8-10-16(26-2)11-9-15/h4-11,19H,3,12-14H2,1-2H3,(H,22,25)(H,23,28)/t19-/m0/s1. The minimum absolute atomic E-state index is 0.126. The average Bonchev–Trinajstić information content (AvgIpc) is 2.75. The maximum absolute atomic E-state index is 12.4. The molecule has 0 unspecified atom stereocenters. The van der Waals surface area contributed by atoms with Crippen LogP contribution in [0, 0.1) is 0 Å². The summed E-state index contributed by atoms with van der Waals surface area (Å²) in [6.45, 7) is 3.58. The second kappa shape index (κ2) is 9.41. The average molecular weight is 400 g/mol. The molecule has 2 aromatic carbocycles. The predicted molar refractivity (Wildman–Crippen MR) is 114 cm³/mol. The Kier molecular flexibility index (Phi) is 6.71. The Hall–Kier alpha value is -2.80. The molecule has 7 heteroatoms. The molecule has 1 aliphatic heterocycles. The third-order valence-corrected chi connectivity index (χ3v) is 4.83. The van der Waals surface area contributed by atoms with Gasteiger partial charge in [0.1, 0.15) is 11.5 Å². The zero-order valence-electron chi connectivity index (χ0n) is 16.1. The van der Waals surface area contributed by atoms with Crippen LogP contribution in [-0.2, 0) is 11.3 Å². The van der Waals surface area contributed by atoms with Crippen molar-refractivity contribution in [2.24, 2.45) is 0 Å². The van der Waals surface area contributed by atoms with Gasteiger partial charge in [-0.05, 0) is 48.5 Å². The van der Waals surface area contributed by atoms with Crippen molar-refractivity contribution in [3.8, 4) is 11.5 Å². The normalized spacial score (nSPS) is 15.2. The SMILES string of the molecule is CCCNC(=O)[C@@H]1CN(C(=S)NCc2ccc(OC)cc2)c2ccccc2O1. The number of para-hydroxylation sites is 2. The predicted octanol–water partition coefficient (Wildman–Crippen LogP) is 2.86. The molecule has 0 spiro atoms. The number of nitrogens with zero attached hydrogens (tertiary/aromatic N) is 1. The maximum Gasteiger partial charge on any atom is 0.262 e. The highest BCUT2D eigenvalue weighted by Gasteiger charge is 2.32. The number of hydrogen-bond acceptors (Lipinski definition) is 4. The molecule has 0 fully saturated rings. The van der Waals surface area contributed by atoms with Crippen LogP contribution in [0.5, 0.6) is 11.5 Å². The summed E-state index contributed by atoms with van der Waals surface area (Å²) in [4.78, 5) is 14.4. The van der Waals surface area contributed by atoms with Crippen molar-refractivity contribution < 1.29 is 14.3 Å². The lowest BCUT2D eigenvalue weighted by atomic mass is 10.2. The Labute approximate surface area is 170 Å². The van der Waals surface area contributed by atoms with Crippen LogP contribution < -0.4 is 25.0 Å². The van der Waals surface area contributed by atoms with Crippen LogP contribution in [0.4, 0.5) is 5.69 Å². The van der Waals surface area contributed by atoms with Crippen LogP contribution in [-0.4, -0.2) is 37.3 Å². The topological polar surface area (TPSA) is 62.8 Å². The van der Waals surface area contributed by atoms with E-state index in [2.05, 4.69) is 10.6 Å². The van der Waals surface area contributed by atoms with Crippen LogP contribution in [0.3, 0.4) is 0 Å². The first kappa shape index (κ1) is 19.9. The highest BCUT2D eigenvalue weighted by atomic mass is 32.1. The fraction of sp³-hybridized carbons (Fsp3) is 0.333. The molecule has 3 rings (SSSR count). The van der Waals surface area contributed by atoms with Crippen LogP contribution in [0.2, 0.25) is 0 Å². The van der Waals surface area contributed by atoms with Gasteiger partial charge < -0.3 is 25.0 Å². The van der Waals surface area contributed by atoms with Gasteiger partial charge in [-0.25, -0.2) is 0 Å². The van der Waals surface area contributed by atoms with Crippen molar-refractivity contribution in [1.82, 2.24) is 10.6 Å². The summed E-state index contributed by atoms with van der Waals surface area (Å²) in [5.41, 5.74) is 1.94. The van der Waals surface area contributed by atoms with Crippen LogP contribution in [0.15, 0.2) is 48.5 Å². The first-order valence-corrected chi connectivity index (χ1v) is 9.75. The summed E-state index contributed by atoms with van der Waals surface area (Å²) in [6, 6.07) is 15.4. The minimum Gasteiger partial charge on any atom is -0.497 e. The Morgan fingerprint density at radius 1 is 1.21 bits per heavy atom. The number of hydrogen-bond donors (Lipinski definition) is 2. The van der Waals surface area contributed by atoms with Crippen molar-refractivity contribution in [2.45, 2.75) is 26.0 Å². The molecule has 1 atom stereocenters. The second-order valence-electron chi connectivity index (χ2n) is 6.48. The van der Waals surface area contributed by atoms with Crippen molar-refractivity contribution in [2.75, 3.05) is 25.1 Å². The van der Waals surface area contributed by atoms with E-state index in [1.165, 1.54) is 0 Å². The molecule has 1 amide bonds. The number of amides is 1. The van der Waals surface area contributed by atoms with Gasteiger partial charge in [0, 0.05) is 13.1 Å². The zero-order chi connectivity index (χ0) is 19.9. The molecule has 1 aliphatic rings. The number of carbonyl (C=O) groups is 1. The summed E-state index contributed by atoms with van der Waals surface area (Å²) in [5, 5.41) is 6.73. The number of nitrogens with one attached hydrogen (secondary N) is 2. The number of fused-ring (bicyclic) bond motifs is 1. The summed E-state index contributed by atoms with van der Waals surface area (Å²) in [5.74, 6) is 1.34. The number of rotatable bonds is 6. The highest BCUT2D eigenvalue weighted by molar-refractivity contribution is 7.80. The Bertz CT molecular complexity index is 826. The van der Waals surface area contributed by atoms with Gasteiger partial charge >= 0.3 is 0 Å². The van der Waals surface area contributed by atoms with Crippen molar-refractivity contribution >= 4 is 28.9 Å². The largest absolute Gasteiger partial charge is 0.497 e. The minimum atomic E-state index is -0.609. The molecule has 2 aromatic rings. The van der Waals surface area contributed by atoms with Gasteiger partial charge in [0.2, 0.25) is 0 Å². The van der Waals surface area contributed by atoms with E-state index in [1.807, 2.05) is 60.4 Å². The van der Waals surface area contributed by atoms with Crippen LogP contribution in [0.25, 0.3) is 0 Å². The van der Waals surface area contributed by atoms with Gasteiger partial charge in [-0.15, -0.1) is 0 Å². The van der Waals surface area contributed by atoms with Crippen LogP contribution >= 0.6 is 12.2 Å². The second-order valence-corrected chi connectivity index (χ2v) is 6.87. The van der Waals surface area contributed by atoms with Gasteiger partial charge in [-0.1, -0.05) is 31.2 Å². The Balaban J connectivity index is 1.70. The van der Waals surface area contributed by atoms with E-state index in [4.69, 9.17) is 21.7 Å². The lowest BCUT2D eigenvalue weighted by molar-refractivity contribution is -0.127. The molecule has 1 heterocycles. The molecule has 0 saturated carbocycles. The summed E-state index contributed by atoms with van der Waals surface area (Å²) >= 11 is 5.63. The van der Waals surface area contributed by atoms with Crippen molar-refractivity contribution in [1.29, 1.82) is 0 Å². The number of ether oxygens (including phenoxy) is 2. The third-order valence-electron chi connectivity index (χ3n) is 4.46. The molecule has 0 aromatic heterocycles. The fourth-order valence-electron chi connectivity index (χ4n) is 2.94. The molecule has 0 bridgehead atoms. The summed E-state index contributed by atoms with van der Waals surface area (Å²) < 4.78 is 11.1. The Morgan fingerprint density at radius 2 is 1.96 bits per heavy atom. The highest BCUT2D eigenvalue weighted by Crippen LogP contribution is 2.33. The molecular weight excluding hydrogens is 374 g/mol. The zero-order valence-corrected chi connectivity index (χ0v) is 16.9. The van der Waals surface area contributed by atoms with Crippen molar-refractivity contribution in [3.05, 3.63) is 54.1 Å². The summed E-state index contributed by atoms with van der Waals surface area (Å²) in [7, 11) is 1.64. The molecule has 28 heavy (non-hydrogen) atoms. The fourth-order valence-corrected chi connectivity index (χ4v) is 3.19. The number of carbonyl (C=O) groups excluding carboxylic acids is 1. The molecule has 0 radical (unpaired) electrons. The first-order chi connectivity index (χ1) is 13.6. The van der Waals surface area contributed by atoms with E-state index < -0.39 is 6.10 Å². The molecular formula is C21H25N3O3S. The van der Waals surface area contributed by atoms with Crippen LogP contribution in [0.1, 0.15) is 18.9 Å².